The number of fused-ring (bicyclic) bond motifs is 3. The normalized spacial score (nSPS) is 21.1. The van der Waals surface area contributed by atoms with Crippen LogP contribution in [0.15, 0.2) is 101 Å². The predicted molar refractivity (Wildman–Crippen MR) is 136 cm³/mol. The van der Waals surface area contributed by atoms with Crippen molar-refractivity contribution < 1.29 is 4.74 Å². The number of aliphatic imine (C=N–C) groups is 1. The molecule has 1 heterocycles. The lowest BCUT2D eigenvalue weighted by molar-refractivity contribution is 0.362. The average molecular weight is 485 g/mol. The van der Waals surface area contributed by atoms with Gasteiger partial charge in [0.25, 0.3) is 0 Å². The number of nitrogens with one attached hydrogen (secondary N) is 1. The quantitative estimate of drug-likeness (QED) is 0.288. The third-order valence-electron chi connectivity index (χ3n) is 6.21. The molecule has 5 rings (SSSR count). The van der Waals surface area contributed by atoms with Crippen LogP contribution in [0, 0.1) is 5.92 Å². The fourth-order valence-electron chi connectivity index (χ4n) is 4.69. The molecule has 160 valence electrons. The lowest BCUT2D eigenvalue weighted by Crippen LogP contribution is -2.28. The summed E-state index contributed by atoms with van der Waals surface area (Å²) in [6.45, 7) is 4.18. The van der Waals surface area contributed by atoms with Crippen molar-refractivity contribution in [1.82, 2.24) is 0 Å². The van der Waals surface area contributed by atoms with E-state index in [2.05, 4.69) is 88.5 Å². The van der Waals surface area contributed by atoms with E-state index in [-0.39, 0.29) is 0 Å². The molecule has 0 amide bonds. The lowest BCUT2D eigenvalue weighted by atomic mass is 9.77. The molecule has 4 heteroatoms. The van der Waals surface area contributed by atoms with Gasteiger partial charge in [-0.05, 0) is 59.9 Å². The van der Waals surface area contributed by atoms with Crippen LogP contribution < -0.4 is 10.1 Å². The van der Waals surface area contributed by atoms with Crippen LogP contribution in [-0.2, 0) is 0 Å². The SMILES string of the molecule is C=CCOc1ccc(Br)cc1C=Nc1ccc([C@@H]2Nc3ccccc3[C@H]3C=CC[C@H]32)cc1. The highest BCUT2D eigenvalue weighted by atomic mass is 79.9. The molecule has 3 nitrogen and oxygen atoms in total. The van der Waals surface area contributed by atoms with Crippen molar-refractivity contribution in [3.8, 4) is 5.75 Å². The number of halogens is 1. The summed E-state index contributed by atoms with van der Waals surface area (Å²) in [7, 11) is 0. The van der Waals surface area contributed by atoms with E-state index in [4.69, 9.17) is 9.73 Å². The second-order valence-electron chi connectivity index (χ2n) is 8.19. The highest BCUT2D eigenvalue weighted by molar-refractivity contribution is 9.10. The van der Waals surface area contributed by atoms with E-state index >= 15 is 0 Å². The Bertz CT molecular complexity index is 1180. The Morgan fingerprint density at radius 1 is 1.09 bits per heavy atom. The van der Waals surface area contributed by atoms with Crippen molar-refractivity contribution in [2.75, 3.05) is 11.9 Å². The number of para-hydroxylation sites is 1. The molecule has 3 aromatic carbocycles. The lowest BCUT2D eigenvalue weighted by Gasteiger charge is -2.37. The van der Waals surface area contributed by atoms with Crippen LogP contribution in [0.3, 0.4) is 0 Å². The summed E-state index contributed by atoms with van der Waals surface area (Å²) in [6, 6.07) is 23.5. The number of allylic oxidation sites excluding steroid dienone is 2. The molecule has 0 unspecified atom stereocenters. The van der Waals surface area contributed by atoms with Crippen molar-refractivity contribution in [3.05, 3.63) is 113 Å². The molecule has 3 atom stereocenters. The van der Waals surface area contributed by atoms with E-state index in [0.717, 1.165) is 27.9 Å². The molecule has 0 aromatic heterocycles. The second-order valence-corrected chi connectivity index (χ2v) is 9.11. The molecule has 1 aliphatic heterocycles. The third-order valence-corrected chi connectivity index (χ3v) is 6.70. The Morgan fingerprint density at radius 3 is 2.78 bits per heavy atom. The van der Waals surface area contributed by atoms with Crippen LogP contribution in [0.1, 0.15) is 35.1 Å². The van der Waals surface area contributed by atoms with Gasteiger partial charge in [0.1, 0.15) is 12.4 Å². The minimum absolute atomic E-state index is 0.298. The molecule has 2 aliphatic rings. The van der Waals surface area contributed by atoms with Gasteiger partial charge in [-0.2, -0.15) is 0 Å². The molecule has 0 radical (unpaired) electrons. The summed E-state index contributed by atoms with van der Waals surface area (Å²) < 4.78 is 6.74. The van der Waals surface area contributed by atoms with Crippen LogP contribution in [0.5, 0.6) is 5.75 Å². The standard InChI is InChI=1S/C28H25BrN2O/c1-2-16-32-27-15-12-21(29)17-20(27)18-30-22-13-10-19(11-14-22)28-25-8-5-7-23(25)24-6-3-4-9-26(24)31-28/h2-7,9-15,17-18,23,25,28,31H,1,8,16H2/t23-,25-,28+/m1/s1. The maximum Gasteiger partial charge on any atom is 0.128 e. The van der Waals surface area contributed by atoms with E-state index in [1.807, 2.05) is 24.4 Å². The number of nitrogens with zero attached hydrogens (tertiary/aromatic N) is 1. The largest absolute Gasteiger partial charge is 0.489 e. The average Bonchev–Trinajstić information content (AvgIpc) is 3.32. The molecule has 1 aliphatic carbocycles. The number of rotatable bonds is 6. The smallest absolute Gasteiger partial charge is 0.128 e. The minimum Gasteiger partial charge on any atom is -0.489 e. The van der Waals surface area contributed by atoms with Gasteiger partial charge in [-0.3, -0.25) is 4.99 Å². The van der Waals surface area contributed by atoms with Gasteiger partial charge < -0.3 is 10.1 Å². The first-order chi connectivity index (χ1) is 15.7. The first kappa shape index (κ1) is 20.8. The van der Waals surface area contributed by atoms with E-state index in [1.165, 1.54) is 16.8 Å². The number of benzene rings is 3. The van der Waals surface area contributed by atoms with E-state index in [0.29, 0.717) is 24.5 Å². The molecule has 0 fully saturated rings. The molecule has 0 bridgehead atoms. The van der Waals surface area contributed by atoms with E-state index < -0.39 is 0 Å². The van der Waals surface area contributed by atoms with Gasteiger partial charge in [0.15, 0.2) is 0 Å². The van der Waals surface area contributed by atoms with Gasteiger partial charge in [-0.15, -0.1) is 0 Å². The van der Waals surface area contributed by atoms with Crippen LogP contribution in [0.2, 0.25) is 0 Å². The predicted octanol–water partition coefficient (Wildman–Crippen LogP) is 7.59. The van der Waals surface area contributed by atoms with Crippen LogP contribution in [0.4, 0.5) is 11.4 Å². The van der Waals surface area contributed by atoms with Crippen molar-refractivity contribution in [3.63, 3.8) is 0 Å². The van der Waals surface area contributed by atoms with Crippen LogP contribution in [0.25, 0.3) is 0 Å². The molecule has 0 saturated carbocycles. The zero-order valence-corrected chi connectivity index (χ0v) is 19.3. The number of ether oxygens (including phenoxy) is 1. The van der Waals surface area contributed by atoms with Gasteiger partial charge in [-0.25, -0.2) is 0 Å². The Balaban J connectivity index is 1.37. The van der Waals surface area contributed by atoms with Crippen molar-refractivity contribution in [2.45, 2.75) is 18.4 Å². The summed E-state index contributed by atoms with van der Waals surface area (Å²) in [5, 5.41) is 3.79. The van der Waals surface area contributed by atoms with Gasteiger partial charge >= 0.3 is 0 Å². The molecule has 1 N–H and O–H groups in total. The maximum atomic E-state index is 5.75. The summed E-state index contributed by atoms with van der Waals surface area (Å²) in [5.74, 6) is 1.82. The van der Waals surface area contributed by atoms with Crippen molar-refractivity contribution in [2.24, 2.45) is 10.9 Å². The second kappa shape index (κ2) is 9.17. The summed E-state index contributed by atoms with van der Waals surface area (Å²) in [5.41, 5.74) is 5.80. The fraction of sp³-hybridized carbons (Fsp3) is 0.179. The highest BCUT2D eigenvalue weighted by Crippen LogP contribution is 2.49. The topological polar surface area (TPSA) is 33.6 Å². The summed E-state index contributed by atoms with van der Waals surface area (Å²) in [6.07, 6.45) is 9.40. The zero-order valence-electron chi connectivity index (χ0n) is 17.7. The molecule has 0 saturated heterocycles. The molecular weight excluding hydrogens is 460 g/mol. The fourth-order valence-corrected chi connectivity index (χ4v) is 5.06. The number of hydrogen-bond acceptors (Lipinski definition) is 3. The maximum absolute atomic E-state index is 5.75. The van der Waals surface area contributed by atoms with Gasteiger partial charge in [-0.1, -0.05) is 71.1 Å². The van der Waals surface area contributed by atoms with Crippen LogP contribution >= 0.6 is 15.9 Å². The molecular formula is C28H25BrN2O. The monoisotopic (exact) mass is 484 g/mol. The highest BCUT2D eigenvalue weighted by Gasteiger charge is 2.37. The van der Waals surface area contributed by atoms with Gasteiger partial charge in [0.05, 0.1) is 11.7 Å². The van der Waals surface area contributed by atoms with Crippen molar-refractivity contribution in [1.29, 1.82) is 0 Å². The Morgan fingerprint density at radius 2 is 1.94 bits per heavy atom. The first-order valence-electron chi connectivity index (χ1n) is 10.9. The Hall–Kier alpha value is -3.11. The number of hydrogen-bond donors (Lipinski definition) is 1. The summed E-state index contributed by atoms with van der Waals surface area (Å²) >= 11 is 3.53. The number of anilines is 1. The zero-order chi connectivity index (χ0) is 21.9. The third kappa shape index (κ3) is 4.15. The summed E-state index contributed by atoms with van der Waals surface area (Å²) in [4.78, 5) is 4.69. The molecule has 32 heavy (non-hydrogen) atoms. The molecule has 3 aromatic rings. The van der Waals surface area contributed by atoms with E-state index in [1.54, 1.807) is 6.08 Å². The first-order valence-corrected chi connectivity index (χ1v) is 11.7. The van der Waals surface area contributed by atoms with Crippen LogP contribution in [-0.4, -0.2) is 12.8 Å². The van der Waals surface area contributed by atoms with Gasteiger partial charge in [0.2, 0.25) is 0 Å². The van der Waals surface area contributed by atoms with Crippen molar-refractivity contribution >= 4 is 33.5 Å². The molecule has 0 spiro atoms. The Kier molecular flexibility index (Phi) is 5.95. The van der Waals surface area contributed by atoms with Gasteiger partial charge in [0, 0.05) is 27.9 Å². The Labute approximate surface area is 197 Å². The van der Waals surface area contributed by atoms with E-state index in [9.17, 15) is 0 Å². The minimum atomic E-state index is 0.298.